The van der Waals surface area contributed by atoms with Gasteiger partial charge in [0.25, 0.3) is 0 Å². The van der Waals surface area contributed by atoms with E-state index in [2.05, 4.69) is 0 Å². The maximum atomic E-state index is 12.6. The molecule has 1 saturated heterocycles. The Morgan fingerprint density at radius 2 is 1.90 bits per heavy atom. The van der Waals surface area contributed by atoms with Crippen LogP contribution in [0.1, 0.15) is 24.2 Å². The Labute approximate surface area is 115 Å². The lowest BCUT2D eigenvalue weighted by atomic mass is 9.98. The van der Waals surface area contributed by atoms with Gasteiger partial charge in [-0.1, -0.05) is 0 Å². The summed E-state index contributed by atoms with van der Waals surface area (Å²) in [6.45, 7) is 3.67. The number of carbonyl (C=O) groups is 1. The number of Topliss-reactive ketones (excluding diaryl/α,β-unsaturated/α-hetero) is 1. The summed E-state index contributed by atoms with van der Waals surface area (Å²) in [4.78, 5) is 24.0. The van der Waals surface area contributed by atoms with Crippen molar-refractivity contribution >= 4 is 16.8 Å². The summed E-state index contributed by atoms with van der Waals surface area (Å²) >= 11 is 0. The predicted octanol–water partition coefficient (Wildman–Crippen LogP) is 2.16. The molecule has 1 aliphatic rings. The van der Waals surface area contributed by atoms with Crippen molar-refractivity contribution in [2.45, 2.75) is 25.6 Å². The first kappa shape index (κ1) is 12.9. The molecule has 5 nitrogen and oxygen atoms in total. The number of hydrogen-bond acceptors (Lipinski definition) is 5. The van der Waals surface area contributed by atoms with E-state index in [0.29, 0.717) is 11.1 Å². The fourth-order valence-electron chi connectivity index (χ4n) is 2.29. The van der Waals surface area contributed by atoms with Gasteiger partial charge in [0.2, 0.25) is 5.78 Å². The van der Waals surface area contributed by atoms with Gasteiger partial charge in [0.05, 0.1) is 12.7 Å². The Morgan fingerprint density at radius 3 is 2.50 bits per heavy atom. The predicted molar refractivity (Wildman–Crippen MR) is 72.3 cm³/mol. The molecule has 0 saturated carbocycles. The molecule has 1 aliphatic heterocycles. The Morgan fingerprint density at radius 1 is 1.25 bits per heavy atom. The van der Waals surface area contributed by atoms with E-state index < -0.39 is 17.3 Å². The van der Waals surface area contributed by atoms with Crippen LogP contribution in [-0.4, -0.2) is 24.6 Å². The quantitative estimate of drug-likeness (QED) is 0.487. The maximum absolute atomic E-state index is 12.6. The Hall–Kier alpha value is -2.14. The summed E-state index contributed by atoms with van der Waals surface area (Å²) < 4.78 is 15.8. The van der Waals surface area contributed by atoms with Crippen LogP contribution in [0.4, 0.5) is 0 Å². The third kappa shape index (κ3) is 1.91. The molecule has 1 fully saturated rings. The van der Waals surface area contributed by atoms with Crippen molar-refractivity contribution in [3.8, 4) is 5.75 Å². The number of benzene rings is 1. The average molecular weight is 274 g/mol. The molecule has 2 aromatic rings. The van der Waals surface area contributed by atoms with Crippen molar-refractivity contribution in [3.63, 3.8) is 0 Å². The number of fused-ring (bicyclic) bond motifs is 1. The van der Waals surface area contributed by atoms with Crippen molar-refractivity contribution in [1.29, 1.82) is 0 Å². The molecule has 1 atom stereocenters. The van der Waals surface area contributed by atoms with Crippen LogP contribution in [0.3, 0.4) is 0 Å². The van der Waals surface area contributed by atoms with Gasteiger partial charge in [-0.25, -0.2) is 4.79 Å². The lowest BCUT2D eigenvalue weighted by molar-refractivity contribution is 0.0951. The first-order valence-corrected chi connectivity index (χ1v) is 6.27. The molecule has 0 bridgehead atoms. The highest BCUT2D eigenvalue weighted by Gasteiger charge is 2.54. The van der Waals surface area contributed by atoms with Gasteiger partial charge < -0.3 is 13.9 Å². The normalized spacial score (nSPS) is 19.9. The summed E-state index contributed by atoms with van der Waals surface area (Å²) in [6.07, 6.45) is -0.535. The molecule has 1 aromatic heterocycles. The topological polar surface area (TPSA) is 69.0 Å². The molecule has 20 heavy (non-hydrogen) atoms. The van der Waals surface area contributed by atoms with Crippen LogP contribution in [0.5, 0.6) is 5.75 Å². The maximum Gasteiger partial charge on any atom is 0.336 e. The van der Waals surface area contributed by atoms with Crippen molar-refractivity contribution in [2.24, 2.45) is 0 Å². The number of carbonyl (C=O) groups excluding carboxylic acids is 1. The van der Waals surface area contributed by atoms with Crippen molar-refractivity contribution in [3.05, 3.63) is 40.2 Å². The van der Waals surface area contributed by atoms with Gasteiger partial charge in [-0.3, -0.25) is 4.79 Å². The molecule has 3 rings (SSSR count). The van der Waals surface area contributed by atoms with Gasteiger partial charge in [-0.05, 0) is 32.0 Å². The van der Waals surface area contributed by atoms with Gasteiger partial charge in [-0.2, -0.15) is 0 Å². The Kier molecular flexibility index (Phi) is 2.69. The molecule has 0 spiro atoms. The molecule has 1 aromatic carbocycles. The fourth-order valence-corrected chi connectivity index (χ4v) is 2.29. The number of ketones is 1. The minimum atomic E-state index is -0.535. The second kappa shape index (κ2) is 4.18. The third-order valence-corrected chi connectivity index (χ3v) is 3.45. The van der Waals surface area contributed by atoms with Crippen LogP contribution >= 0.6 is 0 Å². The van der Waals surface area contributed by atoms with Crippen LogP contribution < -0.4 is 10.4 Å². The first-order valence-electron chi connectivity index (χ1n) is 6.27. The monoisotopic (exact) mass is 274 g/mol. The largest absolute Gasteiger partial charge is 0.496 e. The number of ether oxygens (including phenoxy) is 2. The molecule has 0 amide bonds. The van der Waals surface area contributed by atoms with Gasteiger partial charge >= 0.3 is 5.63 Å². The minimum Gasteiger partial charge on any atom is -0.496 e. The zero-order valence-electron chi connectivity index (χ0n) is 11.4. The van der Waals surface area contributed by atoms with Crippen LogP contribution in [-0.2, 0) is 4.74 Å². The summed E-state index contributed by atoms with van der Waals surface area (Å²) in [5.74, 6) is 0.148. The van der Waals surface area contributed by atoms with E-state index >= 15 is 0 Å². The SMILES string of the molecule is COc1ccc2ccc(=O)oc2c1C(=O)C1OC1(C)C. The highest BCUT2D eigenvalue weighted by Crippen LogP contribution is 2.40. The van der Waals surface area contributed by atoms with Gasteiger partial charge in [-0.15, -0.1) is 0 Å². The summed E-state index contributed by atoms with van der Waals surface area (Å²) in [5, 5.41) is 0.673. The van der Waals surface area contributed by atoms with Crippen molar-refractivity contribution in [2.75, 3.05) is 7.11 Å². The zero-order valence-corrected chi connectivity index (χ0v) is 11.4. The van der Waals surface area contributed by atoms with Crippen LogP contribution in [0.15, 0.2) is 33.5 Å². The van der Waals surface area contributed by atoms with E-state index in [-0.39, 0.29) is 16.9 Å². The van der Waals surface area contributed by atoms with E-state index in [1.54, 1.807) is 18.2 Å². The molecule has 0 aliphatic carbocycles. The van der Waals surface area contributed by atoms with E-state index in [1.165, 1.54) is 13.2 Å². The van der Waals surface area contributed by atoms with Gasteiger partial charge in [0, 0.05) is 11.5 Å². The Bertz CT molecular complexity index is 756. The van der Waals surface area contributed by atoms with Gasteiger partial charge in [0.1, 0.15) is 17.4 Å². The van der Waals surface area contributed by atoms with Gasteiger partial charge in [0.15, 0.2) is 5.58 Å². The van der Waals surface area contributed by atoms with E-state index in [9.17, 15) is 9.59 Å². The fraction of sp³-hybridized carbons (Fsp3) is 0.333. The standard InChI is InChI=1S/C15H14O5/c1-15(2)14(20-15)12(17)11-9(18-3)6-4-8-5-7-10(16)19-13(8)11/h4-7,14H,1-3H3. The number of epoxide rings is 1. The molecular formula is C15H14O5. The van der Waals surface area contributed by atoms with Crippen LogP contribution in [0, 0.1) is 0 Å². The lowest BCUT2D eigenvalue weighted by Crippen LogP contribution is -2.16. The molecule has 0 N–H and O–H groups in total. The summed E-state index contributed by atoms with van der Waals surface area (Å²) in [5.41, 5.74) is -0.485. The van der Waals surface area contributed by atoms with Crippen molar-refractivity contribution in [1.82, 2.24) is 0 Å². The molecule has 2 heterocycles. The Balaban J connectivity index is 2.23. The molecular weight excluding hydrogens is 260 g/mol. The number of rotatable bonds is 3. The highest BCUT2D eigenvalue weighted by atomic mass is 16.6. The number of hydrogen-bond donors (Lipinski definition) is 0. The highest BCUT2D eigenvalue weighted by molar-refractivity contribution is 6.12. The summed E-state index contributed by atoms with van der Waals surface area (Å²) in [6, 6.07) is 6.37. The minimum absolute atomic E-state index is 0.230. The van der Waals surface area contributed by atoms with E-state index in [4.69, 9.17) is 13.9 Å². The van der Waals surface area contributed by atoms with Crippen LogP contribution in [0.25, 0.3) is 11.0 Å². The summed E-state index contributed by atoms with van der Waals surface area (Å²) in [7, 11) is 1.47. The lowest BCUT2D eigenvalue weighted by Gasteiger charge is -2.09. The molecule has 1 unspecified atom stereocenters. The van der Waals surface area contributed by atoms with E-state index in [1.807, 2.05) is 13.8 Å². The molecule has 5 heteroatoms. The molecule has 104 valence electrons. The smallest absolute Gasteiger partial charge is 0.336 e. The second-order valence-electron chi connectivity index (χ2n) is 5.28. The van der Waals surface area contributed by atoms with Crippen molar-refractivity contribution < 1.29 is 18.7 Å². The van der Waals surface area contributed by atoms with Crippen LogP contribution in [0.2, 0.25) is 0 Å². The third-order valence-electron chi connectivity index (χ3n) is 3.45. The average Bonchev–Trinajstić information content (AvgIpc) is 3.05. The second-order valence-corrected chi connectivity index (χ2v) is 5.28. The zero-order chi connectivity index (χ0) is 14.5. The molecule has 0 radical (unpaired) electrons. The van der Waals surface area contributed by atoms with E-state index in [0.717, 1.165) is 0 Å². The first-order chi connectivity index (χ1) is 9.44. The number of methoxy groups -OCH3 is 1.